The highest BCUT2D eigenvalue weighted by atomic mass is 16.3. The van der Waals surface area contributed by atoms with E-state index in [2.05, 4.69) is 11.9 Å². The summed E-state index contributed by atoms with van der Waals surface area (Å²) in [5, 5.41) is 9.48. The molecule has 1 N–H and O–H groups in total. The van der Waals surface area contributed by atoms with Crippen molar-refractivity contribution in [1.29, 1.82) is 0 Å². The second-order valence-corrected chi connectivity index (χ2v) is 3.18. The van der Waals surface area contributed by atoms with Crippen LogP contribution in [0.4, 0.5) is 0 Å². The van der Waals surface area contributed by atoms with Crippen molar-refractivity contribution in [3.63, 3.8) is 0 Å². The Labute approximate surface area is 71.6 Å². The predicted octanol–water partition coefficient (Wildman–Crippen LogP) is 1.93. The molecule has 0 saturated heterocycles. The molecule has 1 aliphatic heterocycles. The van der Waals surface area contributed by atoms with E-state index in [1.165, 1.54) is 5.56 Å². The number of hydrogen-bond donors (Lipinski definition) is 1. The highest BCUT2D eigenvalue weighted by Gasteiger charge is 2.14. The number of phenolic OH excluding ortho intramolecular Hbond substituents is 1. The highest BCUT2D eigenvalue weighted by Crippen LogP contribution is 2.28. The van der Waals surface area contributed by atoms with E-state index in [1.807, 2.05) is 12.1 Å². The summed E-state index contributed by atoms with van der Waals surface area (Å²) in [4.78, 5) is 4.18. The normalized spacial score (nSPS) is 20.6. The van der Waals surface area contributed by atoms with Crippen LogP contribution in [0.15, 0.2) is 23.2 Å². The number of benzene rings is 1. The molecule has 0 spiro atoms. The van der Waals surface area contributed by atoms with Crippen LogP contribution in [-0.2, 0) is 0 Å². The van der Waals surface area contributed by atoms with E-state index in [4.69, 9.17) is 0 Å². The molecule has 1 atom stereocenters. The molecule has 0 fully saturated rings. The van der Waals surface area contributed by atoms with E-state index in [0.717, 1.165) is 12.1 Å². The minimum Gasteiger partial charge on any atom is -0.507 e. The third-order valence-electron chi connectivity index (χ3n) is 2.25. The van der Waals surface area contributed by atoms with Gasteiger partial charge in [0.05, 0.1) is 0 Å². The van der Waals surface area contributed by atoms with Crippen molar-refractivity contribution >= 4 is 6.21 Å². The van der Waals surface area contributed by atoms with Gasteiger partial charge in [0.1, 0.15) is 5.75 Å². The van der Waals surface area contributed by atoms with Gasteiger partial charge in [0.25, 0.3) is 0 Å². The fourth-order valence-electron chi connectivity index (χ4n) is 1.54. The van der Waals surface area contributed by atoms with Crippen LogP contribution in [-0.4, -0.2) is 17.9 Å². The molecule has 1 unspecified atom stereocenters. The zero-order valence-corrected chi connectivity index (χ0v) is 6.99. The van der Waals surface area contributed by atoms with E-state index in [1.54, 1.807) is 12.3 Å². The standard InChI is InChI=1S/C10H11NO/c1-7-5-11-6-9-8(7)3-2-4-10(9)12/h2-4,6-7,12H,5H2,1H3. The quantitative estimate of drug-likeness (QED) is 0.619. The zero-order chi connectivity index (χ0) is 8.55. The summed E-state index contributed by atoms with van der Waals surface area (Å²) in [6.45, 7) is 2.95. The fourth-order valence-corrected chi connectivity index (χ4v) is 1.54. The van der Waals surface area contributed by atoms with Gasteiger partial charge >= 0.3 is 0 Å². The second kappa shape index (κ2) is 2.63. The van der Waals surface area contributed by atoms with Gasteiger partial charge in [0.2, 0.25) is 0 Å². The zero-order valence-electron chi connectivity index (χ0n) is 6.99. The lowest BCUT2D eigenvalue weighted by molar-refractivity contribution is 0.472. The summed E-state index contributed by atoms with van der Waals surface area (Å²) in [5.74, 6) is 0.764. The summed E-state index contributed by atoms with van der Waals surface area (Å²) < 4.78 is 0. The summed E-state index contributed by atoms with van der Waals surface area (Å²) in [6, 6.07) is 5.62. The summed E-state index contributed by atoms with van der Waals surface area (Å²) in [6.07, 6.45) is 1.75. The average molecular weight is 161 g/mol. The summed E-state index contributed by atoms with van der Waals surface area (Å²) in [5.41, 5.74) is 2.08. The number of rotatable bonds is 0. The summed E-state index contributed by atoms with van der Waals surface area (Å²) in [7, 11) is 0. The molecule has 0 bridgehead atoms. The van der Waals surface area contributed by atoms with Crippen LogP contribution in [0.5, 0.6) is 5.75 Å². The number of phenols is 1. The molecule has 1 aromatic carbocycles. The smallest absolute Gasteiger partial charge is 0.124 e. The number of fused-ring (bicyclic) bond motifs is 1. The lowest BCUT2D eigenvalue weighted by Crippen LogP contribution is -2.07. The van der Waals surface area contributed by atoms with E-state index in [-0.39, 0.29) is 0 Å². The molecule has 0 aromatic heterocycles. The van der Waals surface area contributed by atoms with E-state index < -0.39 is 0 Å². The number of aliphatic imine (C=N–C) groups is 1. The molecule has 0 radical (unpaired) electrons. The Balaban J connectivity index is 2.61. The Hall–Kier alpha value is -1.31. The first-order valence-corrected chi connectivity index (χ1v) is 4.10. The maximum absolute atomic E-state index is 9.48. The molecule has 0 aliphatic carbocycles. The molecular formula is C10H11NO. The number of hydrogen-bond acceptors (Lipinski definition) is 2. The third kappa shape index (κ3) is 0.998. The molecule has 0 amide bonds. The number of aromatic hydroxyl groups is 1. The molecule has 62 valence electrons. The SMILES string of the molecule is CC1CN=Cc2c(O)cccc21. The van der Waals surface area contributed by atoms with Crippen molar-refractivity contribution in [3.05, 3.63) is 29.3 Å². The molecule has 12 heavy (non-hydrogen) atoms. The van der Waals surface area contributed by atoms with Crippen molar-refractivity contribution < 1.29 is 5.11 Å². The van der Waals surface area contributed by atoms with E-state index in [9.17, 15) is 5.11 Å². The molecule has 0 saturated carbocycles. The minimum absolute atomic E-state index is 0.336. The largest absolute Gasteiger partial charge is 0.507 e. The topological polar surface area (TPSA) is 32.6 Å². The van der Waals surface area contributed by atoms with Gasteiger partial charge < -0.3 is 5.11 Å². The van der Waals surface area contributed by atoms with Crippen molar-refractivity contribution in [2.75, 3.05) is 6.54 Å². The fraction of sp³-hybridized carbons (Fsp3) is 0.300. The lowest BCUT2D eigenvalue weighted by atomic mass is 9.93. The number of nitrogens with zero attached hydrogens (tertiary/aromatic N) is 1. The highest BCUT2D eigenvalue weighted by molar-refractivity contribution is 5.86. The molecule has 2 heteroatoms. The average Bonchev–Trinajstić information content (AvgIpc) is 2.07. The van der Waals surface area contributed by atoms with Crippen LogP contribution in [0.25, 0.3) is 0 Å². The Kier molecular flexibility index (Phi) is 1.61. The Morgan fingerprint density at radius 3 is 3.08 bits per heavy atom. The van der Waals surface area contributed by atoms with E-state index >= 15 is 0 Å². The van der Waals surface area contributed by atoms with Crippen molar-refractivity contribution in [2.45, 2.75) is 12.8 Å². The maximum atomic E-state index is 9.48. The van der Waals surface area contributed by atoms with Crippen LogP contribution in [0.1, 0.15) is 24.0 Å². The lowest BCUT2D eigenvalue weighted by Gasteiger charge is -2.17. The first kappa shape index (κ1) is 7.35. The molecule has 2 rings (SSSR count). The molecule has 1 aliphatic rings. The van der Waals surface area contributed by atoms with Gasteiger partial charge in [-0.1, -0.05) is 19.1 Å². The van der Waals surface area contributed by atoms with Crippen LogP contribution in [0, 0.1) is 0 Å². The molecule has 2 nitrogen and oxygen atoms in total. The molecule has 1 heterocycles. The van der Waals surface area contributed by atoms with Crippen molar-refractivity contribution in [2.24, 2.45) is 4.99 Å². The van der Waals surface area contributed by atoms with Gasteiger partial charge in [-0.2, -0.15) is 0 Å². The first-order chi connectivity index (χ1) is 5.79. The van der Waals surface area contributed by atoms with Crippen molar-refractivity contribution in [1.82, 2.24) is 0 Å². The maximum Gasteiger partial charge on any atom is 0.124 e. The van der Waals surface area contributed by atoms with Gasteiger partial charge in [-0.25, -0.2) is 0 Å². The van der Waals surface area contributed by atoms with E-state index in [0.29, 0.717) is 11.7 Å². The minimum atomic E-state index is 0.336. The first-order valence-electron chi connectivity index (χ1n) is 4.10. The van der Waals surface area contributed by atoms with Gasteiger partial charge in [0.15, 0.2) is 0 Å². The van der Waals surface area contributed by atoms with Gasteiger partial charge in [-0.3, -0.25) is 4.99 Å². The third-order valence-corrected chi connectivity index (χ3v) is 2.25. The molecule has 1 aromatic rings. The van der Waals surface area contributed by atoms with Crippen LogP contribution < -0.4 is 0 Å². The monoisotopic (exact) mass is 161 g/mol. The Bertz CT molecular complexity index is 331. The Morgan fingerprint density at radius 2 is 2.33 bits per heavy atom. The molecular weight excluding hydrogens is 150 g/mol. The predicted molar refractivity (Wildman–Crippen MR) is 49.0 cm³/mol. The van der Waals surface area contributed by atoms with Gasteiger partial charge in [0, 0.05) is 24.2 Å². The van der Waals surface area contributed by atoms with Gasteiger partial charge in [-0.05, 0) is 11.6 Å². The van der Waals surface area contributed by atoms with Crippen LogP contribution in [0.3, 0.4) is 0 Å². The van der Waals surface area contributed by atoms with Crippen molar-refractivity contribution in [3.8, 4) is 5.75 Å². The van der Waals surface area contributed by atoms with Crippen LogP contribution >= 0.6 is 0 Å². The summed E-state index contributed by atoms with van der Waals surface area (Å²) >= 11 is 0. The second-order valence-electron chi connectivity index (χ2n) is 3.18. The van der Waals surface area contributed by atoms with Gasteiger partial charge in [-0.15, -0.1) is 0 Å². The van der Waals surface area contributed by atoms with Crippen LogP contribution in [0.2, 0.25) is 0 Å². The Morgan fingerprint density at radius 1 is 1.50 bits per heavy atom.